The van der Waals surface area contributed by atoms with Crippen LogP contribution in [0.1, 0.15) is 15.9 Å². The van der Waals surface area contributed by atoms with E-state index in [0.717, 1.165) is 24.5 Å². The Hall–Kier alpha value is -2.56. The van der Waals surface area contributed by atoms with Gasteiger partial charge in [0.2, 0.25) is 0 Å². The SMILES string of the molecule is Cc1ccc(C(=O)N2CCN(c3ccccn3)CC2)cc1O. The zero-order chi connectivity index (χ0) is 15.5. The lowest BCUT2D eigenvalue weighted by Crippen LogP contribution is -2.49. The van der Waals surface area contributed by atoms with Gasteiger partial charge in [-0.05, 0) is 36.8 Å². The van der Waals surface area contributed by atoms with Crippen LogP contribution >= 0.6 is 0 Å². The summed E-state index contributed by atoms with van der Waals surface area (Å²) in [6.07, 6.45) is 1.78. The van der Waals surface area contributed by atoms with E-state index in [-0.39, 0.29) is 11.7 Å². The molecule has 0 unspecified atom stereocenters. The molecule has 1 N–H and O–H groups in total. The molecule has 3 rings (SSSR count). The Morgan fingerprint density at radius 3 is 2.55 bits per heavy atom. The van der Waals surface area contributed by atoms with E-state index in [1.54, 1.807) is 24.4 Å². The fourth-order valence-corrected chi connectivity index (χ4v) is 2.60. The highest BCUT2D eigenvalue weighted by molar-refractivity contribution is 5.94. The maximum absolute atomic E-state index is 12.5. The van der Waals surface area contributed by atoms with Gasteiger partial charge in [0, 0.05) is 37.9 Å². The second kappa shape index (κ2) is 6.05. The van der Waals surface area contributed by atoms with Crippen LogP contribution in [0.15, 0.2) is 42.6 Å². The highest BCUT2D eigenvalue weighted by Crippen LogP contribution is 2.20. The minimum absolute atomic E-state index is 0.0315. The Bertz CT molecular complexity index is 665. The molecule has 0 aliphatic carbocycles. The maximum Gasteiger partial charge on any atom is 0.254 e. The lowest BCUT2D eigenvalue weighted by Gasteiger charge is -2.35. The third-order valence-corrected chi connectivity index (χ3v) is 4.00. The quantitative estimate of drug-likeness (QED) is 0.922. The first-order valence-corrected chi connectivity index (χ1v) is 7.40. The van der Waals surface area contributed by atoms with E-state index in [2.05, 4.69) is 9.88 Å². The first-order chi connectivity index (χ1) is 10.6. The summed E-state index contributed by atoms with van der Waals surface area (Å²) in [6.45, 7) is 4.66. The van der Waals surface area contributed by atoms with Crippen molar-refractivity contribution in [1.82, 2.24) is 9.88 Å². The fraction of sp³-hybridized carbons (Fsp3) is 0.294. The molecule has 1 aliphatic rings. The summed E-state index contributed by atoms with van der Waals surface area (Å²) in [5, 5.41) is 9.75. The third-order valence-electron chi connectivity index (χ3n) is 4.00. The molecular formula is C17H19N3O2. The normalized spacial score (nSPS) is 15.0. The predicted octanol–water partition coefficient (Wildman–Crippen LogP) is 2.06. The van der Waals surface area contributed by atoms with Crippen LogP contribution < -0.4 is 4.90 Å². The molecule has 0 bridgehead atoms. The Balaban J connectivity index is 1.66. The molecule has 0 saturated carbocycles. The number of carbonyl (C=O) groups excluding carboxylic acids is 1. The minimum atomic E-state index is -0.0315. The number of hydrogen-bond donors (Lipinski definition) is 1. The number of benzene rings is 1. The van der Waals surface area contributed by atoms with E-state index in [0.29, 0.717) is 18.7 Å². The summed E-state index contributed by atoms with van der Waals surface area (Å²) in [7, 11) is 0. The van der Waals surface area contributed by atoms with E-state index in [1.165, 1.54) is 0 Å². The Morgan fingerprint density at radius 1 is 1.14 bits per heavy atom. The van der Waals surface area contributed by atoms with E-state index in [9.17, 15) is 9.90 Å². The van der Waals surface area contributed by atoms with Gasteiger partial charge < -0.3 is 14.9 Å². The van der Waals surface area contributed by atoms with E-state index >= 15 is 0 Å². The lowest BCUT2D eigenvalue weighted by atomic mass is 10.1. The number of aromatic nitrogens is 1. The average molecular weight is 297 g/mol. The van der Waals surface area contributed by atoms with E-state index in [4.69, 9.17) is 0 Å². The molecule has 0 radical (unpaired) electrons. The zero-order valence-corrected chi connectivity index (χ0v) is 12.6. The molecule has 0 atom stereocenters. The standard InChI is InChI=1S/C17H19N3O2/c1-13-5-6-14(12-15(13)21)17(22)20-10-8-19(9-11-20)16-4-2-3-7-18-16/h2-7,12,21H,8-11H2,1H3. The van der Waals surface area contributed by atoms with E-state index < -0.39 is 0 Å². The van der Waals surface area contributed by atoms with Crippen LogP contribution in [-0.4, -0.2) is 47.1 Å². The highest BCUT2D eigenvalue weighted by atomic mass is 16.3. The summed E-state index contributed by atoms with van der Waals surface area (Å²) < 4.78 is 0. The number of amides is 1. The number of aryl methyl sites for hydroxylation is 1. The molecule has 1 saturated heterocycles. The van der Waals surface area contributed by atoms with E-state index in [1.807, 2.05) is 30.0 Å². The second-order valence-corrected chi connectivity index (χ2v) is 5.47. The number of nitrogens with zero attached hydrogens (tertiary/aromatic N) is 3. The molecule has 5 heteroatoms. The summed E-state index contributed by atoms with van der Waals surface area (Å²) in [5.74, 6) is 1.08. The summed E-state index contributed by atoms with van der Waals surface area (Å²) in [4.78, 5) is 20.8. The zero-order valence-electron chi connectivity index (χ0n) is 12.6. The third kappa shape index (κ3) is 2.88. The number of pyridine rings is 1. The number of hydrogen-bond acceptors (Lipinski definition) is 4. The molecule has 1 aromatic carbocycles. The van der Waals surface area contributed by atoms with Crippen molar-refractivity contribution in [1.29, 1.82) is 0 Å². The van der Waals surface area contributed by atoms with Crippen LogP contribution in [0.5, 0.6) is 5.75 Å². The van der Waals surface area contributed by atoms with Gasteiger partial charge in [-0.1, -0.05) is 12.1 Å². The van der Waals surface area contributed by atoms with Crippen LogP contribution in [0.2, 0.25) is 0 Å². The number of anilines is 1. The molecule has 1 aromatic heterocycles. The Labute approximate surface area is 129 Å². The summed E-state index contributed by atoms with van der Waals surface area (Å²) in [5.41, 5.74) is 1.31. The van der Waals surface area contributed by atoms with Crippen molar-refractivity contribution in [2.45, 2.75) is 6.92 Å². The number of aromatic hydroxyl groups is 1. The molecule has 1 amide bonds. The van der Waals surface area contributed by atoms with Gasteiger partial charge in [0.05, 0.1) is 0 Å². The van der Waals surface area contributed by atoms with Crippen LogP contribution in [0.3, 0.4) is 0 Å². The molecule has 5 nitrogen and oxygen atoms in total. The van der Waals surface area contributed by atoms with Crippen LogP contribution in [0, 0.1) is 6.92 Å². The molecule has 0 spiro atoms. The Morgan fingerprint density at radius 2 is 1.91 bits per heavy atom. The van der Waals surface area contributed by atoms with Gasteiger partial charge >= 0.3 is 0 Å². The van der Waals surface area contributed by atoms with Crippen molar-refractivity contribution in [3.05, 3.63) is 53.7 Å². The van der Waals surface area contributed by atoms with Gasteiger partial charge in [0.25, 0.3) is 5.91 Å². The second-order valence-electron chi connectivity index (χ2n) is 5.47. The van der Waals surface area contributed by atoms with Gasteiger partial charge in [-0.2, -0.15) is 0 Å². The van der Waals surface area contributed by atoms with Gasteiger partial charge in [0.15, 0.2) is 0 Å². The van der Waals surface area contributed by atoms with Crippen molar-refractivity contribution in [2.75, 3.05) is 31.1 Å². The van der Waals surface area contributed by atoms with Crippen LogP contribution in [0.25, 0.3) is 0 Å². The van der Waals surface area contributed by atoms with Gasteiger partial charge in [-0.15, -0.1) is 0 Å². The topological polar surface area (TPSA) is 56.7 Å². The van der Waals surface area contributed by atoms with Crippen molar-refractivity contribution >= 4 is 11.7 Å². The van der Waals surface area contributed by atoms with Gasteiger partial charge in [0.1, 0.15) is 11.6 Å². The maximum atomic E-state index is 12.5. The fourth-order valence-electron chi connectivity index (χ4n) is 2.60. The molecule has 22 heavy (non-hydrogen) atoms. The highest BCUT2D eigenvalue weighted by Gasteiger charge is 2.23. The van der Waals surface area contributed by atoms with Crippen LogP contribution in [-0.2, 0) is 0 Å². The molecule has 2 heterocycles. The van der Waals surface area contributed by atoms with Crippen molar-refractivity contribution in [2.24, 2.45) is 0 Å². The first-order valence-electron chi connectivity index (χ1n) is 7.40. The molecule has 114 valence electrons. The number of phenolic OH excluding ortho intramolecular Hbond substituents is 1. The summed E-state index contributed by atoms with van der Waals surface area (Å²) >= 11 is 0. The number of rotatable bonds is 2. The molecule has 2 aromatic rings. The van der Waals surface area contributed by atoms with Gasteiger partial charge in [-0.3, -0.25) is 4.79 Å². The molecule has 1 fully saturated rings. The summed E-state index contributed by atoms with van der Waals surface area (Å²) in [6, 6.07) is 10.9. The lowest BCUT2D eigenvalue weighted by molar-refractivity contribution is 0.0746. The number of phenols is 1. The Kier molecular flexibility index (Phi) is 3.96. The molecule has 1 aliphatic heterocycles. The molecular weight excluding hydrogens is 278 g/mol. The largest absolute Gasteiger partial charge is 0.508 e. The first kappa shape index (κ1) is 14.4. The smallest absolute Gasteiger partial charge is 0.254 e. The van der Waals surface area contributed by atoms with Gasteiger partial charge in [-0.25, -0.2) is 4.98 Å². The number of carbonyl (C=O) groups is 1. The monoisotopic (exact) mass is 297 g/mol. The predicted molar refractivity (Wildman–Crippen MR) is 85.2 cm³/mol. The van der Waals surface area contributed by atoms with Crippen molar-refractivity contribution < 1.29 is 9.90 Å². The average Bonchev–Trinajstić information content (AvgIpc) is 2.58. The minimum Gasteiger partial charge on any atom is -0.508 e. The number of piperazine rings is 1. The van der Waals surface area contributed by atoms with Crippen molar-refractivity contribution in [3.63, 3.8) is 0 Å². The van der Waals surface area contributed by atoms with Crippen LogP contribution in [0.4, 0.5) is 5.82 Å². The van der Waals surface area contributed by atoms with Crippen molar-refractivity contribution in [3.8, 4) is 5.75 Å².